The maximum absolute atomic E-state index is 11.2. The van der Waals surface area contributed by atoms with Gasteiger partial charge in [0, 0.05) is 29.1 Å². The average molecular weight is 274 g/mol. The van der Waals surface area contributed by atoms with Crippen molar-refractivity contribution in [2.75, 3.05) is 20.1 Å². The molecule has 1 aromatic carbocycles. The van der Waals surface area contributed by atoms with Crippen molar-refractivity contribution >= 4 is 29.2 Å². The van der Waals surface area contributed by atoms with Crippen LogP contribution in [-0.2, 0) is 4.79 Å². The Kier molecular flexibility index (Phi) is 3.61. The first-order chi connectivity index (χ1) is 8.00. The third kappa shape index (κ3) is 2.41. The highest BCUT2D eigenvalue weighted by atomic mass is 35.5. The van der Waals surface area contributed by atoms with Gasteiger partial charge in [0.05, 0.1) is 5.92 Å². The number of rotatable bonds is 2. The molecule has 92 valence electrons. The zero-order valence-electron chi connectivity index (χ0n) is 9.36. The molecule has 3 nitrogen and oxygen atoms in total. The van der Waals surface area contributed by atoms with Crippen molar-refractivity contribution < 1.29 is 9.90 Å². The van der Waals surface area contributed by atoms with Gasteiger partial charge in [0.1, 0.15) is 0 Å². The molecule has 1 aromatic rings. The summed E-state index contributed by atoms with van der Waals surface area (Å²) in [5.41, 5.74) is 0.757. The van der Waals surface area contributed by atoms with E-state index in [1.54, 1.807) is 18.2 Å². The second-order valence-electron chi connectivity index (χ2n) is 4.41. The van der Waals surface area contributed by atoms with Crippen LogP contribution in [0.1, 0.15) is 11.5 Å². The minimum absolute atomic E-state index is 0.140. The van der Waals surface area contributed by atoms with Gasteiger partial charge in [-0.3, -0.25) is 4.79 Å². The molecular formula is C12H13Cl2NO2. The Morgan fingerprint density at radius 1 is 1.35 bits per heavy atom. The molecule has 1 aliphatic rings. The van der Waals surface area contributed by atoms with Crippen LogP contribution in [0, 0.1) is 5.92 Å². The summed E-state index contributed by atoms with van der Waals surface area (Å²) in [5.74, 6) is -1.38. The first-order valence-electron chi connectivity index (χ1n) is 5.36. The van der Waals surface area contributed by atoms with E-state index in [2.05, 4.69) is 0 Å². The average Bonchev–Trinajstić information content (AvgIpc) is 2.60. The van der Waals surface area contributed by atoms with Crippen LogP contribution in [0.5, 0.6) is 0 Å². The lowest BCUT2D eigenvalue weighted by Crippen LogP contribution is -2.21. The minimum atomic E-state index is -0.796. The van der Waals surface area contributed by atoms with Crippen LogP contribution in [0.15, 0.2) is 18.2 Å². The first-order valence-corrected chi connectivity index (χ1v) is 6.11. The van der Waals surface area contributed by atoms with E-state index in [0.29, 0.717) is 23.1 Å². The Hall–Kier alpha value is -0.770. The van der Waals surface area contributed by atoms with E-state index < -0.39 is 11.9 Å². The van der Waals surface area contributed by atoms with E-state index in [1.165, 1.54) is 0 Å². The van der Waals surface area contributed by atoms with Gasteiger partial charge in [-0.15, -0.1) is 0 Å². The van der Waals surface area contributed by atoms with Crippen LogP contribution < -0.4 is 0 Å². The van der Waals surface area contributed by atoms with Gasteiger partial charge in [-0.1, -0.05) is 29.3 Å². The minimum Gasteiger partial charge on any atom is -0.481 e. The van der Waals surface area contributed by atoms with Gasteiger partial charge in [0.2, 0.25) is 0 Å². The number of hydrogen-bond donors (Lipinski definition) is 1. The molecular weight excluding hydrogens is 261 g/mol. The van der Waals surface area contributed by atoms with Gasteiger partial charge in [-0.05, 0) is 24.7 Å². The van der Waals surface area contributed by atoms with Crippen molar-refractivity contribution in [1.29, 1.82) is 0 Å². The highest BCUT2D eigenvalue weighted by molar-refractivity contribution is 6.36. The zero-order valence-corrected chi connectivity index (χ0v) is 10.9. The highest BCUT2D eigenvalue weighted by Gasteiger charge is 2.38. The van der Waals surface area contributed by atoms with Crippen LogP contribution in [0.25, 0.3) is 0 Å². The van der Waals surface area contributed by atoms with Crippen LogP contribution in [0.2, 0.25) is 10.0 Å². The van der Waals surface area contributed by atoms with E-state index in [0.717, 1.165) is 5.56 Å². The molecule has 0 saturated carbocycles. The largest absolute Gasteiger partial charge is 0.481 e. The Morgan fingerprint density at radius 3 is 2.47 bits per heavy atom. The summed E-state index contributed by atoms with van der Waals surface area (Å²) in [6, 6.07) is 5.27. The van der Waals surface area contributed by atoms with Crippen molar-refractivity contribution in [3.63, 3.8) is 0 Å². The number of likely N-dealkylation sites (tertiary alicyclic amines) is 1. The third-order valence-electron chi connectivity index (χ3n) is 3.19. The quantitative estimate of drug-likeness (QED) is 0.901. The number of hydrogen-bond acceptors (Lipinski definition) is 2. The topological polar surface area (TPSA) is 40.5 Å². The standard InChI is InChI=1S/C12H13Cl2NO2/c1-15-5-7(8(6-15)12(16)17)11-9(13)3-2-4-10(11)14/h2-4,7-8H,5-6H2,1H3,(H,16,17). The van der Waals surface area contributed by atoms with Crippen LogP contribution in [0.3, 0.4) is 0 Å². The number of aliphatic carboxylic acids is 1. The second-order valence-corrected chi connectivity index (χ2v) is 5.22. The molecule has 0 spiro atoms. The molecule has 1 saturated heterocycles. The summed E-state index contributed by atoms with van der Waals surface area (Å²) >= 11 is 12.3. The number of likely N-dealkylation sites (N-methyl/N-ethyl adjacent to an activating group) is 1. The molecule has 1 N–H and O–H groups in total. The van der Waals surface area contributed by atoms with E-state index in [4.69, 9.17) is 23.2 Å². The number of benzene rings is 1. The normalized spacial score (nSPS) is 25.1. The fraction of sp³-hybridized carbons (Fsp3) is 0.417. The summed E-state index contributed by atoms with van der Waals surface area (Å²) in [7, 11) is 1.90. The van der Waals surface area contributed by atoms with E-state index in [1.807, 2.05) is 11.9 Å². The molecule has 1 fully saturated rings. The molecule has 2 atom stereocenters. The summed E-state index contributed by atoms with van der Waals surface area (Å²) in [6.45, 7) is 1.20. The van der Waals surface area contributed by atoms with E-state index in [9.17, 15) is 9.90 Å². The number of carbonyl (C=O) groups is 1. The Balaban J connectivity index is 2.41. The molecule has 0 radical (unpaired) electrons. The Labute approximate surface area is 110 Å². The lowest BCUT2D eigenvalue weighted by atomic mass is 9.89. The molecule has 0 amide bonds. The number of carboxylic acid groups (broad SMARTS) is 1. The van der Waals surface area contributed by atoms with Crippen LogP contribution in [0.4, 0.5) is 0 Å². The Bertz CT molecular complexity index is 430. The fourth-order valence-corrected chi connectivity index (χ4v) is 3.09. The number of nitrogens with zero attached hydrogens (tertiary/aromatic N) is 1. The van der Waals surface area contributed by atoms with Crippen molar-refractivity contribution in [1.82, 2.24) is 4.90 Å². The monoisotopic (exact) mass is 273 g/mol. The Morgan fingerprint density at radius 2 is 1.94 bits per heavy atom. The third-order valence-corrected chi connectivity index (χ3v) is 3.85. The van der Waals surface area contributed by atoms with Gasteiger partial charge >= 0.3 is 5.97 Å². The summed E-state index contributed by atoms with van der Waals surface area (Å²) in [4.78, 5) is 13.2. The van der Waals surface area contributed by atoms with Gasteiger partial charge in [-0.2, -0.15) is 0 Å². The van der Waals surface area contributed by atoms with E-state index in [-0.39, 0.29) is 5.92 Å². The van der Waals surface area contributed by atoms with Gasteiger partial charge < -0.3 is 10.0 Å². The molecule has 0 aromatic heterocycles. The number of carboxylic acids is 1. The van der Waals surface area contributed by atoms with Crippen LogP contribution >= 0.6 is 23.2 Å². The van der Waals surface area contributed by atoms with Crippen molar-refractivity contribution in [2.45, 2.75) is 5.92 Å². The van der Waals surface area contributed by atoms with Crippen molar-refractivity contribution in [2.24, 2.45) is 5.92 Å². The smallest absolute Gasteiger partial charge is 0.308 e. The lowest BCUT2D eigenvalue weighted by Gasteiger charge is -2.18. The molecule has 1 heterocycles. The van der Waals surface area contributed by atoms with E-state index >= 15 is 0 Å². The molecule has 2 rings (SSSR count). The van der Waals surface area contributed by atoms with Crippen molar-refractivity contribution in [3.05, 3.63) is 33.8 Å². The molecule has 1 aliphatic heterocycles. The maximum atomic E-state index is 11.2. The van der Waals surface area contributed by atoms with Crippen LogP contribution in [-0.4, -0.2) is 36.1 Å². The first kappa shape index (κ1) is 12.7. The fourth-order valence-electron chi connectivity index (χ4n) is 2.41. The molecule has 2 unspecified atom stereocenters. The zero-order chi connectivity index (χ0) is 12.6. The molecule has 5 heteroatoms. The predicted octanol–water partition coefficient (Wildman–Crippen LogP) is 2.72. The summed E-state index contributed by atoms with van der Waals surface area (Å²) in [6.07, 6.45) is 0. The lowest BCUT2D eigenvalue weighted by molar-refractivity contribution is -0.141. The van der Waals surface area contributed by atoms with Gasteiger partial charge in [-0.25, -0.2) is 0 Å². The highest BCUT2D eigenvalue weighted by Crippen LogP contribution is 2.39. The maximum Gasteiger partial charge on any atom is 0.308 e. The molecule has 0 aliphatic carbocycles. The van der Waals surface area contributed by atoms with Gasteiger partial charge in [0.15, 0.2) is 0 Å². The summed E-state index contributed by atoms with van der Waals surface area (Å²) < 4.78 is 0. The predicted molar refractivity (Wildman–Crippen MR) is 67.8 cm³/mol. The molecule has 0 bridgehead atoms. The summed E-state index contributed by atoms with van der Waals surface area (Å²) in [5, 5.41) is 10.3. The second kappa shape index (κ2) is 4.84. The van der Waals surface area contributed by atoms with Gasteiger partial charge in [0.25, 0.3) is 0 Å². The molecule has 17 heavy (non-hydrogen) atoms. The van der Waals surface area contributed by atoms with Crippen molar-refractivity contribution in [3.8, 4) is 0 Å². The number of halogens is 2. The SMILES string of the molecule is CN1CC(C(=O)O)C(c2c(Cl)cccc2Cl)C1.